The van der Waals surface area contributed by atoms with Crippen molar-refractivity contribution in [3.8, 4) is 0 Å². The zero-order valence-corrected chi connectivity index (χ0v) is 7.90. The van der Waals surface area contributed by atoms with Crippen LogP contribution in [-0.4, -0.2) is 0 Å². The fourth-order valence-corrected chi connectivity index (χ4v) is 2.67. The monoisotopic (exact) mass is 187 g/mol. The minimum absolute atomic E-state index is 0.991. The van der Waals surface area contributed by atoms with Crippen LogP contribution in [0.4, 0.5) is 0 Å². The highest BCUT2D eigenvalue weighted by atomic mass is 32.2. The predicted molar refractivity (Wildman–Crippen MR) is 56.6 cm³/mol. The lowest BCUT2D eigenvalue weighted by Gasteiger charge is -2.02. The Hall–Kier alpha value is -0.990. The van der Waals surface area contributed by atoms with E-state index in [4.69, 9.17) is 0 Å². The van der Waals surface area contributed by atoms with Crippen molar-refractivity contribution in [2.45, 2.75) is 11.4 Å². The minimum Gasteiger partial charge on any atom is -0.255 e. The fourth-order valence-electron chi connectivity index (χ4n) is 1.73. The highest BCUT2D eigenvalue weighted by Crippen LogP contribution is 2.34. The van der Waals surface area contributed by atoms with Crippen molar-refractivity contribution in [2.24, 2.45) is 0 Å². The summed E-state index contributed by atoms with van der Waals surface area (Å²) in [4.78, 5) is 1.40. The smallest absolute Gasteiger partial charge is 0.0351 e. The van der Waals surface area contributed by atoms with Gasteiger partial charge in [-0.05, 0) is 28.3 Å². The maximum absolute atomic E-state index is 3.30. The molecule has 0 aliphatic carbocycles. The third kappa shape index (κ3) is 1.06. The van der Waals surface area contributed by atoms with Gasteiger partial charge in [0.05, 0.1) is 0 Å². The van der Waals surface area contributed by atoms with Crippen LogP contribution in [0, 0.1) is 0 Å². The molecule has 0 fully saturated rings. The van der Waals surface area contributed by atoms with Gasteiger partial charge in [-0.15, -0.1) is 0 Å². The molecule has 0 bridgehead atoms. The largest absolute Gasteiger partial charge is 0.255 e. The molecule has 1 heterocycles. The Morgan fingerprint density at radius 1 is 1.08 bits per heavy atom. The summed E-state index contributed by atoms with van der Waals surface area (Å²) in [6, 6.07) is 12.9. The van der Waals surface area contributed by atoms with Gasteiger partial charge in [0, 0.05) is 11.4 Å². The standard InChI is InChI=1S/C11H9NS/c1-2-4-10-8(3-1)5-6-9-7-12-13-11(9)10/h1-6,12H,7H2. The Morgan fingerprint density at radius 2 is 2.00 bits per heavy atom. The zero-order valence-electron chi connectivity index (χ0n) is 7.08. The highest BCUT2D eigenvalue weighted by molar-refractivity contribution is 7.97. The third-order valence-corrected chi connectivity index (χ3v) is 3.37. The summed E-state index contributed by atoms with van der Waals surface area (Å²) in [5.41, 5.74) is 1.42. The van der Waals surface area contributed by atoms with Gasteiger partial charge in [-0.25, -0.2) is 0 Å². The second-order valence-corrected chi connectivity index (χ2v) is 4.10. The van der Waals surface area contributed by atoms with Crippen molar-refractivity contribution in [1.82, 2.24) is 4.72 Å². The Morgan fingerprint density at radius 3 is 3.00 bits per heavy atom. The van der Waals surface area contributed by atoms with Gasteiger partial charge < -0.3 is 0 Å². The van der Waals surface area contributed by atoms with Gasteiger partial charge in [-0.1, -0.05) is 36.4 Å². The second-order valence-electron chi connectivity index (χ2n) is 3.20. The van der Waals surface area contributed by atoms with E-state index in [0.29, 0.717) is 0 Å². The highest BCUT2D eigenvalue weighted by Gasteiger charge is 2.13. The summed E-state index contributed by atoms with van der Waals surface area (Å²) in [5.74, 6) is 0. The van der Waals surface area contributed by atoms with Crippen LogP contribution in [0.25, 0.3) is 10.8 Å². The number of benzene rings is 2. The summed E-state index contributed by atoms with van der Waals surface area (Å²) in [6.07, 6.45) is 0. The normalized spacial score (nSPS) is 14.8. The van der Waals surface area contributed by atoms with Crippen molar-refractivity contribution in [2.75, 3.05) is 0 Å². The molecule has 13 heavy (non-hydrogen) atoms. The molecular weight excluding hydrogens is 178 g/mol. The quantitative estimate of drug-likeness (QED) is 0.636. The van der Waals surface area contributed by atoms with E-state index < -0.39 is 0 Å². The summed E-state index contributed by atoms with van der Waals surface area (Å²) in [5, 5.41) is 2.70. The van der Waals surface area contributed by atoms with Crippen LogP contribution < -0.4 is 4.72 Å². The zero-order chi connectivity index (χ0) is 8.67. The Kier molecular flexibility index (Phi) is 1.57. The average molecular weight is 187 g/mol. The lowest BCUT2D eigenvalue weighted by molar-refractivity contribution is 0.998. The van der Waals surface area contributed by atoms with Crippen molar-refractivity contribution < 1.29 is 0 Å². The lowest BCUT2D eigenvalue weighted by atomic mass is 10.1. The van der Waals surface area contributed by atoms with Crippen LogP contribution in [0.1, 0.15) is 5.56 Å². The molecule has 2 aromatic carbocycles. The van der Waals surface area contributed by atoms with E-state index >= 15 is 0 Å². The molecule has 1 nitrogen and oxygen atoms in total. The van der Waals surface area contributed by atoms with Crippen molar-refractivity contribution in [3.63, 3.8) is 0 Å². The summed E-state index contributed by atoms with van der Waals surface area (Å²) in [7, 11) is 0. The van der Waals surface area contributed by atoms with E-state index in [1.807, 2.05) is 0 Å². The predicted octanol–water partition coefficient (Wildman–Crippen LogP) is 2.95. The number of fused-ring (bicyclic) bond motifs is 3. The molecule has 0 spiro atoms. The van der Waals surface area contributed by atoms with Crippen LogP contribution in [0.15, 0.2) is 41.3 Å². The molecular formula is C11H9NS. The fraction of sp³-hybridized carbons (Fsp3) is 0.0909. The van der Waals surface area contributed by atoms with E-state index in [-0.39, 0.29) is 0 Å². The molecule has 2 heteroatoms. The van der Waals surface area contributed by atoms with Crippen molar-refractivity contribution >= 4 is 22.7 Å². The number of rotatable bonds is 0. The van der Waals surface area contributed by atoms with Crippen LogP contribution in [0.3, 0.4) is 0 Å². The molecule has 0 saturated heterocycles. The number of nitrogens with one attached hydrogen (secondary N) is 1. The van der Waals surface area contributed by atoms with E-state index in [9.17, 15) is 0 Å². The summed E-state index contributed by atoms with van der Waals surface area (Å²) < 4.78 is 3.30. The maximum atomic E-state index is 3.30. The molecule has 3 rings (SSSR count). The van der Waals surface area contributed by atoms with E-state index in [1.54, 1.807) is 11.9 Å². The van der Waals surface area contributed by atoms with Crippen LogP contribution in [-0.2, 0) is 6.54 Å². The van der Waals surface area contributed by atoms with E-state index in [2.05, 4.69) is 41.1 Å². The van der Waals surface area contributed by atoms with Gasteiger partial charge in [0.25, 0.3) is 0 Å². The first kappa shape index (κ1) is 7.42. The summed E-state index contributed by atoms with van der Waals surface area (Å²) in [6.45, 7) is 0.991. The molecule has 0 unspecified atom stereocenters. The average Bonchev–Trinajstić information content (AvgIpc) is 2.65. The molecule has 0 aromatic heterocycles. The first-order valence-corrected chi connectivity index (χ1v) is 5.17. The third-order valence-electron chi connectivity index (χ3n) is 2.40. The molecule has 0 amide bonds. The first-order valence-electron chi connectivity index (χ1n) is 4.35. The van der Waals surface area contributed by atoms with E-state index in [1.165, 1.54) is 21.2 Å². The van der Waals surface area contributed by atoms with Gasteiger partial charge in [-0.3, -0.25) is 4.72 Å². The van der Waals surface area contributed by atoms with Crippen molar-refractivity contribution in [3.05, 3.63) is 42.0 Å². The van der Waals surface area contributed by atoms with Crippen LogP contribution in [0.5, 0.6) is 0 Å². The Balaban J connectivity index is 2.43. The molecule has 1 aliphatic heterocycles. The van der Waals surface area contributed by atoms with Gasteiger partial charge in [0.1, 0.15) is 0 Å². The molecule has 0 atom stereocenters. The van der Waals surface area contributed by atoms with Gasteiger partial charge in [-0.2, -0.15) is 0 Å². The molecule has 1 N–H and O–H groups in total. The van der Waals surface area contributed by atoms with Gasteiger partial charge >= 0.3 is 0 Å². The van der Waals surface area contributed by atoms with E-state index in [0.717, 1.165) is 6.54 Å². The Labute approximate surface area is 81.3 Å². The van der Waals surface area contributed by atoms with Crippen LogP contribution in [0.2, 0.25) is 0 Å². The second kappa shape index (κ2) is 2.76. The lowest BCUT2D eigenvalue weighted by Crippen LogP contribution is -1.91. The molecule has 2 aromatic rings. The topological polar surface area (TPSA) is 12.0 Å². The summed E-state index contributed by atoms with van der Waals surface area (Å²) >= 11 is 1.75. The molecule has 0 saturated carbocycles. The van der Waals surface area contributed by atoms with Gasteiger partial charge in [0.2, 0.25) is 0 Å². The SMILES string of the molecule is c1ccc2c3c(ccc2c1)CNS3. The van der Waals surface area contributed by atoms with Crippen LogP contribution >= 0.6 is 11.9 Å². The maximum Gasteiger partial charge on any atom is 0.0351 e. The minimum atomic E-state index is 0.991. The Bertz CT molecular complexity index is 465. The molecule has 0 radical (unpaired) electrons. The molecule has 1 aliphatic rings. The van der Waals surface area contributed by atoms with Crippen molar-refractivity contribution in [1.29, 1.82) is 0 Å². The number of hydrogen-bond donors (Lipinski definition) is 1. The molecule has 64 valence electrons. The number of hydrogen-bond acceptors (Lipinski definition) is 2. The van der Waals surface area contributed by atoms with Gasteiger partial charge in [0.15, 0.2) is 0 Å². The first-order chi connectivity index (χ1) is 6.45.